The van der Waals surface area contributed by atoms with Gasteiger partial charge in [0, 0.05) is 25.3 Å². The molecular formula is C11H16F3N5O2S. The molecule has 22 heavy (non-hydrogen) atoms. The van der Waals surface area contributed by atoms with E-state index < -0.39 is 33.6 Å². The minimum absolute atomic E-state index is 0.0834. The third-order valence-corrected chi connectivity index (χ3v) is 4.58. The predicted octanol–water partition coefficient (Wildman–Crippen LogP) is 0.913. The van der Waals surface area contributed by atoms with Crippen molar-refractivity contribution in [1.29, 1.82) is 0 Å². The molecule has 1 aliphatic rings. The number of nitrogens with one attached hydrogen (secondary N) is 1. The Bertz CT molecular complexity index is 650. The van der Waals surface area contributed by atoms with Crippen molar-refractivity contribution in [3.05, 3.63) is 11.8 Å². The maximum Gasteiger partial charge on any atom is 0.421 e. The van der Waals surface area contributed by atoms with Crippen LogP contribution in [-0.2, 0) is 16.2 Å². The van der Waals surface area contributed by atoms with Gasteiger partial charge in [0.15, 0.2) is 0 Å². The van der Waals surface area contributed by atoms with Gasteiger partial charge >= 0.3 is 6.18 Å². The molecule has 1 fully saturated rings. The highest BCUT2D eigenvalue weighted by molar-refractivity contribution is 7.88. The standard InChI is InChI=1S/C11H16F3N5O2S/c1-22(20,21)19-4-2-3-7(6-19)17-9-8(11(12,13)14)5-16-10(15)18-9/h5,7H,2-4,6H2,1H3,(H3,15,16,17,18)/t7-/m1/s1. The van der Waals surface area contributed by atoms with E-state index in [2.05, 4.69) is 15.3 Å². The number of sulfonamides is 1. The molecule has 2 heterocycles. The molecule has 1 aliphatic heterocycles. The van der Waals surface area contributed by atoms with Crippen LogP contribution in [0.2, 0.25) is 0 Å². The van der Waals surface area contributed by atoms with Gasteiger partial charge in [-0.1, -0.05) is 0 Å². The fourth-order valence-corrected chi connectivity index (χ4v) is 3.18. The van der Waals surface area contributed by atoms with Crippen molar-refractivity contribution in [2.24, 2.45) is 0 Å². The van der Waals surface area contributed by atoms with Crippen molar-refractivity contribution in [1.82, 2.24) is 14.3 Å². The van der Waals surface area contributed by atoms with Crippen LogP contribution in [0, 0.1) is 0 Å². The normalized spacial score (nSPS) is 20.8. The first kappa shape index (κ1) is 16.7. The average Bonchev–Trinajstić information content (AvgIpc) is 2.36. The number of alkyl halides is 3. The molecule has 3 N–H and O–H groups in total. The lowest BCUT2D eigenvalue weighted by atomic mass is 10.1. The van der Waals surface area contributed by atoms with Crippen molar-refractivity contribution < 1.29 is 21.6 Å². The number of rotatable bonds is 3. The molecule has 1 aromatic rings. The number of nitrogen functional groups attached to an aromatic ring is 1. The molecule has 0 unspecified atom stereocenters. The molecule has 7 nitrogen and oxygen atoms in total. The Morgan fingerprint density at radius 1 is 1.45 bits per heavy atom. The number of halogens is 3. The van der Waals surface area contributed by atoms with Crippen molar-refractivity contribution in [3.63, 3.8) is 0 Å². The van der Waals surface area contributed by atoms with Crippen molar-refractivity contribution in [2.45, 2.75) is 25.1 Å². The number of nitrogens with two attached hydrogens (primary N) is 1. The molecule has 0 spiro atoms. The van der Waals surface area contributed by atoms with Gasteiger partial charge in [-0.3, -0.25) is 0 Å². The summed E-state index contributed by atoms with van der Waals surface area (Å²) in [5.74, 6) is -0.716. The monoisotopic (exact) mass is 339 g/mol. The SMILES string of the molecule is CS(=O)(=O)N1CCC[C@@H](Nc2nc(N)ncc2C(F)(F)F)C1. The van der Waals surface area contributed by atoms with Gasteiger partial charge in [0.1, 0.15) is 11.4 Å². The molecule has 0 saturated carbocycles. The Labute approximate surface area is 125 Å². The zero-order valence-corrected chi connectivity index (χ0v) is 12.6. The van der Waals surface area contributed by atoms with Gasteiger partial charge in [0.25, 0.3) is 0 Å². The van der Waals surface area contributed by atoms with Gasteiger partial charge in [-0.05, 0) is 12.8 Å². The second kappa shape index (κ2) is 5.88. The largest absolute Gasteiger partial charge is 0.421 e. The van der Waals surface area contributed by atoms with Crippen molar-refractivity contribution in [3.8, 4) is 0 Å². The van der Waals surface area contributed by atoms with E-state index in [1.165, 1.54) is 4.31 Å². The second-order valence-electron chi connectivity index (χ2n) is 5.09. The van der Waals surface area contributed by atoms with Crippen LogP contribution in [-0.4, -0.2) is 48.1 Å². The van der Waals surface area contributed by atoms with E-state index in [4.69, 9.17) is 5.73 Å². The molecule has 1 atom stereocenters. The van der Waals surface area contributed by atoms with Crippen LogP contribution in [0.25, 0.3) is 0 Å². The summed E-state index contributed by atoms with van der Waals surface area (Å²) in [7, 11) is -3.38. The van der Waals surface area contributed by atoms with E-state index in [1.54, 1.807) is 0 Å². The van der Waals surface area contributed by atoms with Gasteiger partial charge in [0.2, 0.25) is 16.0 Å². The van der Waals surface area contributed by atoms with E-state index in [0.717, 1.165) is 6.26 Å². The molecule has 124 valence electrons. The van der Waals surface area contributed by atoms with Crippen LogP contribution in [0.3, 0.4) is 0 Å². The lowest BCUT2D eigenvalue weighted by molar-refractivity contribution is -0.137. The summed E-state index contributed by atoms with van der Waals surface area (Å²) in [5.41, 5.74) is 4.31. The quantitative estimate of drug-likeness (QED) is 0.849. The zero-order chi connectivity index (χ0) is 16.5. The summed E-state index contributed by atoms with van der Waals surface area (Å²) < 4.78 is 63.1. The van der Waals surface area contributed by atoms with E-state index in [0.29, 0.717) is 25.6 Å². The fourth-order valence-electron chi connectivity index (χ4n) is 2.27. The molecule has 0 aliphatic carbocycles. The Morgan fingerprint density at radius 3 is 2.73 bits per heavy atom. The molecule has 0 aromatic carbocycles. The first-order valence-corrected chi connectivity index (χ1v) is 8.33. The van der Waals surface area contributed by atoms with Crippen LogP contribution in [0.4, 0.5) is 24.9 Å². The summed E-state index contributed by atoms with van der Waals surface area (Å²) in [6.45, 7) is 0.440. The van der Waals surface area contributed by atoms with E-state index in [9.17, 15) is 21.6 Å². The van der Waals surface area contributed by atoms with E-state index in [-0.39, 0.29) is 12.5 Å². The number of anilines is 2. The summed E-state index contributed by atoms with van der Waals surface area (Å²) in [6.07, 6.45) is -1.86. The van der Waals surface area contributed by atoms with E-state index >= 15 is 0 Å². The van der Waals surface area contributed by atoms with Gasteiger partial charge < -0.3 is 11.1 Å². The van der Waals surface area contributed by atoms with Crippen molar-refractivity contribution in [2.75, 3.05) is 30.4 Å². The number of hydrogen-bond donors (Lipinski definition) is 2. The highest BCUT2D eigenvalue weighted by Crippen LogP contribution is 2.34. The Balaban J connectivity index is 2.22. The van der Waals surface area contributed by atoms with Gasteiger partial charge in [0.05, 0.1) is 6.26 Å². The Kier molecular flexibility index (Phi) is 4.47. The average molecular weight is 339 g/mol. The minimum Gasteiger partial charge on any atom is -0.368 e. The van der Waals surface area contributed by atoms with Crippen LogP contribution >= 0.6 is 0 Å². The molecule has 11 heteroatoms. The summed E-state index contributed by atoms with van der Waals surface area (Å²) >= 11 is 0. The van der Waals surface area contributed by atoms with Crippen LogP contribution in [0.15, 0.2) is 6.20 Å². The summed E-state index contributed by atoms with van der Waals surface area (Å²) in [6, 6.07) is -0.473. The predicted molar refractivity (Wildman–Crippen MR) is 74.5 cm³/mol. The summed E-state index contributed by atoms with van der Waals surface area (Å²) in [5, 5.41) is 2.64. The van der Waals surface area contributed by atoms with Gasteiger partial charge in [-0.15, -0.1) is 0 Å². The number of aromatic nitrogens is 2. The highest BCUT2D eigenvalue weighted by Gasteiger charge is 2.36. The molecule has 1 saturated heterocycles. The van der Waals surface area contributed by atoms with Crippen LogP contribution < -0.4 is 11.1 Å². The zero-order valence-electron chi connectivity index (χ0n) is 11.8. The highest BCUT2D eigenvalue weighted by atomic mass is 32.2. The van der Waals surface area contributed by atoms with Crippen LogP contribution in [0.5, 0.6) is 0 Å². The van der Waals surface area contributed by atoms with Gasteiger partial charge in [-0.25, -0.2) is 17.7 Å². The lowest BCUT2D eigenvalue weighted by Gasteiger charge is -2.32. The maximum absolute atomic E-state index is 12.9. The number of hydrogen-bond acceptors (Lipinski definition) is 6. The first-order chi connectivity index (χ1) is 10.1. The lowest BCUT2D eigenvalue weighted by Crippen LogP contribution is -2.45. The molecule has 2 rings (SSSR count). The topological polar surface area (TPSA) is 101 Å². The van der Waals surface area contributed by atoms with Crippen molar-refractivity contribution >= 4 is 21.8 Å². The molecular weight excluding hydrogens is 323 g/mol. The van der Waals surface area contributed by atoms with Crippen LogP contribution in [0.1, 0.15) is 18.4 Å². The maximum atomic E-state index is 12.9. The number of piperidine rings is 1. The number of nitrogens with zero attached hydrogens (tertiary/aromatic N) is 3. The van der Waals surface area contributed by atoms with Gasteiger partial charge in [-0.2, -0.15) is 18.2 Å². The van der Waals surface area contributed by atoms with E-state index in [1.807, 2.05) is 0 Å². The first-order valence-electron chi connectivity index (χ1n) is 6.49. The molecule has 0 radical (unpaired) electrons. The third kappa shape index (κ3) is 3.97. The smallest absolute Gasteiger partial charge is 0.368 e. The molecule has 0 amide bonds. The Morgan fingerprint density at radius 2 is 2.14 bits per heavy atom. The molecule has 1 aromatic heterocycles. The third-order valence-electron chi connectivity index (χ3n) is 3.31. The fraction of sp³-hybridized carbons (Fsp3) is 0.636. The molecule has 0 bridgehead atoms. The summed E-state index contributed by atoms with van der Waals surface area (Å²) in [4.78, 5) is 6.94. The Hall–Kier alpha value is -1.62. The second-order valence-corrected chi connectivity index (χ2v) is 7.08. The minimum atomic E-state index is -4.62.